The molecule has 0 bridgehead atoms. The van der Waals surface area contributed by atoms with Gasteiger partial charge in [-0.3, -0.25) is 4.98 Å². The molecule has 0 aliphatic heterocycles. The third kappa shape index (κ3) is 1.75. The summed E-state index contributed by atoms with van der Waals surface area (Å²) in [7, 11) is 0. The van der Waals surface area contributed by atoms with Gasteiger partial charge in [0, 0.05) is 15.2 Å². The van der Waals surface area contributed by atoms with Crippen LogP contribution in [0.4, 0.5) is 0 Å². The Hall–Kier alpha value is -0.640. The summed E-state index contributed by atoms with van der Waals surface area (Å²) in [4.78, 5) is 4.38. The first kappa shape index (κ1) is 9.90. The highest BCUT2D eigenvalue weighted by Gasteiger charge is 2.05. The molecule has 0 fully saturated rings. The van der Waals surface area contributed by atoms with E-state index < -0.39 is 0 Å². The van der Waals surface area contributed by atoms with Crippen molar-refractivity contribution < 1.29 is 0 Å². The molecule has 0 radical (unpaired) electrons. The minimum Gasteiger partial charge on any atom is -0.256 e. The molecular formula is C12H12IN. The van der Waals surface area contributed by atoms with Crippen molar-refractivity contribution in [2.75, 3.05) is 0 Å². The molecule has 14 heavy (non-hydrogen) atoms. The third-order valence-corrected chi connectivity index (χ3v) is 3.03. The van der Waals surface area contributed by atoms with Crippen LogP contribution < -0.4 is 0 Å². The summed E-state index contributed by atoms with van der Waals surface area (Å²) in [5.41, 5.74) is 2.48. The SMILES string of the molecule is CC(C)c1ccnc2cc(I)ccc12. The zero-order valence-electron chi connectivity index (χ0n) is 8.29. The predicted molar refractivity (Wildman–Crippen MR) is 68.5 cm³/mol. The van der Waals surface area contributed by atoms with E-state index in [4.69, 9.17) is 0 Å². The number of hydrogen-bond acceptors (Lipinski definition) is 1. The Balaban J connectivity index is 2.75. The fourth-order valence-electron chi connectivity index (χ4n) is 1.65. The monoisotopic (exact) mass is 297 g/mol. The van der Waals surface area contributed by atoms with Crippen molar-refractivity contribution in [2.45, 2.75) is 19.8 Å². The van der Waals surface area contributed by atoms with E-state index in [1.54, 1.807) is 0 Å². The van der Waals surface area contributed by atoms with Crippen LogP contribution >= 0.6 is 22.6 Å². The lowest BCUT2D eigenvalue weighted by Gasteiger charge is -2.08. The second-order valence-electron chi connectivity index (χ2n) is 3.72. The summed E-state index contributed by atoms with van der Waals surface area (Å²) in [6, 6.07) is 8.54. The molecule has 2 heteroatoms. The van der Waals surface area contributed by atoms with Gasteiger partial charge in [-0.05, 0) is 52.3 Å². The van der Waals surface area contributed by atoms with Crippen LogP contribution in [0.3, 0.4) is 0 Å². The number of aromatic nitrogens is 1. The summed E-state index contributed by atoms with van der Waals surface area (Å²) in [6.45, 7) is 4.43. The van der Waals surface area contributed by atoms with Crippen LogP contribution in [0.1, 0.15) is 25.3 Å². The van der Waals surface area contributed by atoms with Crippen LogP contribution in [0, 0.1) is 3.57 Å². The van der Waals surface area contributed by atoms with Crippen LogP contribution in [-0.4, -0.2) is 4.98 Å². The van der Waals surface area contributed by atoms with E-state index >= 15 is 0 Å². The van der Waals surface area contributed by atoms with Crippen molar-refractivity contribution in [3.63, 3.8) is 0 Å². The number of hydrogen-bond donors (Lipinski definition) is 0. The van der Waals surface area contributed by atoms with Gasteiger partial charge in [-0.25, -0.2) is 0 Å². The van der Waals surface area contributed by atoms with Gasteiger partial charge in [0.25, 0.3) is 0 Å². The van der Waals surface area contributed by atoms with Gasteiger partial charge in [-0.2, -0.15) is 0 Å². The Bertz CT molecular complexity index is 463. The molecule has 2 aromatic rings. The van der Waals surface area contributed by atoms with Crippen LogP contribution in [0.2, 0.25) is 0 Å². The molecule has 1 heterocycles. The second kappa shape index (κ2) is 3.85. The summed E-state index contributed by atoms with van der Waals surface area (Å²) >= 11 is 2.32. The zero-order chi connectivity index (χ0) is 10.1. The van der Waals surface area contributed by atoms with E-state index in [1.807, 2.05) is 6.20 Å². The summed E-state index contributed by atoms with van der Waals surface area (Å²) in [6.07, 6.45) is 1.90. The van der Waals surface area contributed by atoms with Gasteiger partial charge in [0.15, 0.2) is 0 Å². The van der Waals surface area contributed by atoms with Crippen LogP contribution in [-0.2, 0) is 0 Å². The van der Waals surface area contributed by atoms with Gasteiger partial charge in [0.05, 0.1) is 5.52 Å². The zero-order valence-corrected chi connectivity index (χ0v) is 10.4. The molecule has 0 spiro atoms. The fourth-order valence-corrected chi connectivity index (χ4v) is 2.12. The quantitative estimate of drug-likeness (QED) is 0.726. The lowest BCUT2D eigenvalue weighted by atomic mass is 9.99. The normalized spacial score (nSPS) is 11.1. The molecule has 72 valence electrons. The molecule has 0 atom stereocenters. The smallest absolute Gasteiger partial charge is 0.0715 e. The number of fused-ring (bicyclic) bond motifs is 1. The first-order valence-corrected chi connectivity index (χ1v) is 5.80. The Morgan fingerprint density at radius 2 is 2.00 bits per heavy atom. The molecule has 1 nitrogen and oxygen atoms in total. The highest BCUT2D eigenvalue weighted by molar-refractivity contribution is 14.1. The fraction of sp³-hybridized carbons (Fsp3) is 0.250. The van der Waals surface area contributed by atoms with Gasteiger partial charge >= 0.3 is 0 Å². The number of halogens is 1. The lowest BCUT2D eigenvalue weighted by Crippen LogP contribution is -1.91. The molecule has 1 aromatic carbocycles. The molecule has 0 amide bonds. The Morgan fingerprint density at radius 3 is 2.71 bits per heavy atom. The van der Waals surface area contributed by atoms with Crippen LogP contribution in [0.15, 0.2) is 30.5 Å². The van der Waals surface area contributed by atoms with E-state index in [-0.39, 0.29) is 0 Å². The first-order valence-electron chi connectivity index (χ1n) is 4.72. The minimum atomic E-state index is 0.556. The van der Waals surface area contributed by atoms with Crippen molar-refractivity contribution in [3.05, 3.63) is 39.6 Å². The molecule has 0 aliphatic carbocycles. The second-order valence-corrected chi connectivity index (χ2v) is 4.96. The van der Waals surface area contributed by atoms with Gasteiger partial charge in [-0.15, -0.1) is 0 Å². The van der Waals surface area contributed by atoms with E-state index in [2.05, 4.69) is 65.7 Å². The van der Waals surface area contributed by atoms with Crippen molar-refractivity contribution in [1.29, 1.82) is 0 Å². The number of nitrogens with zero attached hydrogens (tertiary/aromatic N) is 1. The summed E-state index contributed by atoms with van der Waals surface area (Å²) in [5, 5.41) is 1.28. The number of benzene rings is 1. The van der Waals surface area contributed by atoms with Crippen LogP contribution in [0.25, 0.3) is 10.9 Å². The molecule has 0 unspecified atom stereocenters. The predicted octanol–water partition coefficient (Wildman–Crippen LogP) is 3.96. The van der Waals surface area contributed by atoms with Gasteiger partial charge < -0.3 is 0 Å². The maximum Gasteiger partial charge on any atom is 0.0715 e. The van der Waals surface area contributed by atoms with Crippen molar-refractivity contribution in [1.82, 2.24) is 4.98 Å². The standard InChI is InChI=1S/C12H12IN/c1-8(2)10-5-6-14-12-7-9(13)3-4-11(10)12/h3-8H,1-2H3. The highest BCUT2D eigenvalue weighted by atomic mass is 127. The summed E-state index contributed by atoms with van der Waals surface area (Å²) < 4.78 is 1.24. The van der Waals surface area contributed by atoms with Crippen molar-refractivity contribution in [2.24, 2.45) is 0 Å². The van der Waals surface area contributed by atoms with E-state index in [0.717, 1.165) is 5.52 Å². The van der Waals surface area contributed by atoms with Crippen molar-refractivity contribution >= 4 is 33.5 Å². The Morgan fingerprint density at radius 1 is 1.21 bits per heavy atom. The molecule has 1 aromatic heterocycles. The first-order chi connectivity index (χ1) is 6.68. The molecule has 2 rings (SSSR count). The van der Waals surface area contributed by atoms with E-state index in [1.165, 1.54) is 14.5 Å². The third-order valence-electron chi connectivity index (χ3n) is 2.36. The van der Waals surface area contributed by atoms with Crippen molar-refractivity contribution in [3.8, 4) is 0 Å². The van der Waals surface area contributed by atoms with E-state index in [9.17, 15) is 0 Å². The lowest BCUT2D eigenvalue weighted by molar-refractivity contribution is 0.874. The molecule has 0 saturated heterocycles. The van der Waals surface area contributed by atoms with E-state index in [0.29, 0.717) is 5.92 Å². The minimum absolute atomic E-state index is 0.556. The average molecular weight is 297 g/mol. The summed E-state index contributed by atoms with van der Waals surface area (Å²) in [5.74, 6) is 0.556. The highest BCUT2D eigenvalue weighted by Crippen LogP contribution is 2.24. The Labute approximate surface area is 97.7 Å². The molecule has 0 aliphatic rings. The molecular weight excluding hydrogens is 285 g/mol. The maximum absolute atomic E-state index is 4.38. The molecule has 0 N–H and O–H groups in total. The van der Waals surface area contributed by atoms with Gasteiger partial charge in [0.1, 0.15) is 0 Å². The van der Waals surface area contributed by atoms with Gasteiger partial charge in [0.2, 0.25) is 0 Å². The molecule has 0 saturated carbocycles. The topological polar surface area (TPSA) is 12.9 Å². The number of rotatable bonds is 1. The average Bonchev–Trinajstić information content (AvgIpc) is 2.16. The Kier molecular flexibility index (Phi) is 2.72. The number of pyridine rings is 1. The van der Waals surface area contributed by atoms with Gasteiger partial charge in [-0.1, -0.05) is 19.9 Å². The van der Waals surface area contributed by atoms with Crippen LogP contribution in [0.5, 0.6) is 0 Å². The largest absolute Gasteiger partial charge is 0.256 e. The maximum atomic E-state index is 4.38.